The Hall–Kier alpha value is -0.260. The van der Waals surface area contributed by atoms with E-state index >= 15 is 0 Å². The summed E-state index contributed by atoms with van der Waals surface area (Å²) in [5, 5.41) is 4.87. The zero-order chi connectivity index (χ0) is 14.9. The Kier molecular flexibility index (Phi) is 4.81. The summed E-state index contributed by atoms with van der Waals surface area (Å²) >= 11 is 4.05. The molecule has 1 atom stereocenters. The van der Waals surface area contributed by atoms with Crippen molar-refractivity contribution < 1.29 is 0 Å². The second-order valence-electron chi connectivity index (χ2n) is 6.65. The van der Waals surface area contributed by atoms with Crippen molar-refractivity contribution in [1.29, 1.82) is 0 Å². The fourth-order valence-electron chi connectivity index (χ4n) is 3.20. The van der Waals surface area contributed by atoms with Crippen LogP contribution in [0.25, 0.3) is 0 Å². The van der Waals surface area contributed by atoms with Crippen LogP contribution in [0.3, 0.4) is 0 Å². The monoisotopic (exact) mass is 325 g/mol. The number of hydrogen-bond acceptors (Lipinski definition) is 5. The molecule has 0 bridgehead atoms. The molecule has 118 valence electrons. The van der Waals surface area contributed by atoms with Crippen molar-refractivity contribution in [3.63, 3.8) is 0 Å². The number of thiazole rings is 1. The number of nitrogens with zero attached hydrogens (tertiary/aromatic N) is 2. The first-order valence-corrected chi connectivity index (χ1v) is 10.0. The summed E-state index contributed by atoms with van der Waals surface area (Å²) in [7, 11) is 0. The highest BCUT2D eigenvalue weighted by Crippen LogP contribution is 2.38. The summed E-state index contributed by atoms with van der Waals surface area (Å²) in [6.07, 6.45) is 5.02. The number of aromatic nitrogens is 1. The predicted octanol–water partition coefficient (Wildman–Crippen LogP) is 3.85. The highest BCUT2D eigenvalue weighted by molar-refractivity contribution is 8.00. The van der Waals surface area contributed by atoms with Crippen molar-refractivity contribution >= 4 is 28.2 Å². The van der Waals surface area contributed by atoms with E-state index in [1.165, 1.54) is 47.1 Å². The maximum atomic E-state index is 5.04. The third-order valence-corrected chi connectivity index (χ3v) is 7.07. The molecule has 0 saturated carbocycles. The van der Waals surface area contributed by atoms with E-state index in [-0.39, 0.29) is 0 Å². The number of aryl methyl sites for hydroxylation is 1. The Balaban J connectivity index is 1.77. The van der Waals surface area contributed by atoms with Crippen molar-refractivity contribution in [2.45, 2.75) is 57.2 Å². The topological polar surface area (TPSA) is 28.2 Å². The molecule has 5 heteroatoms. The quantitative estimate of drug-likeness (QED) is 0.913. The molecule has 1 saturated heterocycles. The van der Waals surface area contributed by atoms with E-state index in [0.29, 0.717) is 10.8 Å². The van der Waals surface area contributed by atoms with Crippen LogP contribution in [0.4, 0.5) is 5.13 Å². The number of thioether (sulfide) groups is 1. The van der Waals surface area contributed by atoms with Gasteiger partial charge in [-0.25, -0.2) is 4.98 Å². The molecule has 0 spiro atoms. The van der Waals surface area contributed by atoms with Gasteiger partial charge in [-0.3, -0.25) is 0 Å². The van der Waals surface area contributed by atoms with E-state index in [1.807, 2.05) is 11.3 Å². The highest BCUT2D eigenvalue weighted by Gasteiger charge is 2.28. The molecule has 1 unspecified atom stereocenters. The number of nitrogens with one attached hydrogen (secondary N) is 1. The zero-order valence-electron chi connectivity index (χ0n) is 13.4. The van der Waals surface area contributed by atoms with Crippen LogP contribution in [0.15, 0.2) is 0 Å². The Morgan fingerprint density at radius 2 is 2.24 bits per heavy atom. The van der Waals surface area contributed by atoms with E-state index in [2.05, 4.69) is 42.7 Å². The Labute approximate surface area is 136 Å². The largest absolute Gasteiger partial charge is 0.347 e. The summed E-state index contributed by atoms with van der Waals surface area (Å²) in [6.45, 7) is 10.3. The van der Waals surface area contributed by atoms with Crippen LogP contribution in [-0.4, -0.2) is 35.1 Å². The van der Waals surface area contributed by atoms with Crippen molar-refractivity contribution in [3.8, 4) is 0 Å². The summed E-state index contributed by atoms with van der Waals surface area (Å²) in [4.78, 5) is 9.08. The van der Waals surface area contributed by atoms with Gasteiger partial charge in [-0.05, 0) is 32.2 Å². The molecule has 21 heavy (non-hydrogen) atoms. The van der Waals surface area contributed by atoms with Gasteiger partial charge < -0.3 is 10.2 Å². The number of anilines is 1. The molecule has 1 fully saturated rings. The van der Waals surface area contributed by atoms with E-state index < -0.39 is 0 Å². The second-order valence-corrected chi connectivity index (χ2v) is 9.52. The third kappa shape index (κ3) is 3.57. The van der Waals surface area contributed by atoms with Gasteiger partial charge in [0.15, 0.2) is 5.13 Å². The summed E-state index contributed by atoms with van der Waals surface area (Å²) < 4.78 is 0.415. The van der Waals surface area contributed by atoms with Gasteiger partial charge in [0.1, 0.15) is 0 Å². The van der Waals surface area contributed by atoms with Gasteiger partial charge in [-0.2, -0.15) is 11.8 Å². The maximum absolute atomic E-state index is 5.04. The number of rotatable bonds is 3. The lowest BCUT2D eigenvalue weighted by molar-refractivity contribution is 0.465. The Bertz CT molecular complexity index is 484. The third-order valence-electron chi connectivity index (χ3n) is 4.50. The molecule has 2 aliphatic rings. The molecule has 0 radical (unpaired) electrons. The lowest BCUT2D eigenvalue weighted by atomic mass is 9.98. The lowest BCUT2D eigenvalue weighted by Crippen LogP contribution is -2.27. The first-order valence-electron chi connectivity index (χ1n) is 8.21. The summed E-state index contributed by atoms with van der Waals surface area (Å²) in [6, 6.07) is 0.488. The van der Waals surface area contributed by atoms with Crippen LogP contribution in [0, 0.1) is 0 Å². The van der Waals surface area contributed by atoms with Gasteiger partial charge in [0, 0.05) is 28.5 Å². The Morgan fingerprint density at radius 3 is 3.05 bits per heavy atom. The maximum Gasteiger partial charge on any atom is 0.185 e. The van der Waals surface area contributed by atoms with Crippen molar-refractivity contribution in [1.82, 2.24) is 10.3 Å². The van der Waals surface area contributed by atoms with E-state index in [9.17, 15) is 0 Å². The van der Waals surface area contributed by atoms with E-state index in [0.717, 1.165) is 19.6 Å². The van der Waals surface area contributed by atoms with Crippen LogP contribution in [0.5, 0.6) is 0 Å². The Morgan fingerprint density at radius 1 is 1.38 bits per heavy atom. The first kappa shape index (κ1) is 15.6. The molecule has 1 N–H and O–H groups in total. The van der Waals surface area contributed by atoms with Crippen LogP contribution in [-0.2, 0) is 6.42 Å². The van der Waals surface area contributed by atoms with Crippen LogP contribution in [0.2, 0.25) is 0 Å². The molecule has 1 aliphatic heterocycles. The van der Waals surface area contributed by atoms with Crippen LogP contribution in [0.1, 0.15) is 56.6 Å². The molecule has 2 heterocycles. The molecular formula is C16H27N3S2. The lowest BCUT2D eigenvalue weighted by Gasteiger charge is -2.22. The van der Waals surface area contributed by atoms with E-state index in [1.54, 1.807) is 0 Å². The number of fused-ring (bicyclic) bond motifs is 1. The zero-order valence-corrected chi connectivity index (χ0v) is 15.1. The van der Waals surface area contributed by atoms with Crippen molar-refractivity contribution in [2.24, 2.45) is 0 Å². The predicted molar refractivity (Wildman–Crippen MR) is 94.8 cm³/mol. The minimum absolute atomic E-state index is 0.415. The van der Waals surface area contributed by atoms with Gasteiger partial charge in [-0.1, -0.05) is 20.8 Å². The minimum Gasteiger partial charge on any atom is -0.347 e. The molecule has 3 nitrogen and oxygen atoms in total. The standard InChI is InChI=1S/C16H27N3S2/c1-4-17-12-6-5-7-13-14(12)18-15(21-13)19-9-8-16(2,3)20-11-10-19/h12,17H,4-11H2,1-3H3. The summed E-state index contributed by atoms with van der Waals surface area (Å²) in [5.41, 5.74) is 1.35. The molecule has 0 aromatic carbocycles. The smallest absolute Gasteiger partial charge is 0.185 e. The molecule has 1 aliphatic carbocycles. The fourth-order valence-corrected chi connectivity index (χ4v) is 5.51. The average Bonchev–Trinajstić information content (AvgIpc) is 2.79. The average molecular weight is 326 g/mol. The first-order chi connectivity index (χ1) is 10.1. The van der Waals surface area contributed by atoms with Crippen molar-refractivity contribution in [3.05, 3.63) is 10.6 Å². The van der Waals surface area contributed by atoms with Crippen LogP contribution < -0.4 is 10.2 Å². The molecular weight excluding hydrogens is 298 g/mol. The minimum atomic E-state index is 0.415. The SMILES string of the molecule is CCNC1CCCc2sc(N3CCSC(C)(C)CC3)nc21. The van der Waals surface area contributed by atoms with Gasteiger partial charge in [0.25, 0.3) is 0 Å². The highest BCUT2D eigenvalue weighted by atomic mass is 32.2. The van der Waals surface area contributed by atoms with E-state index in [4.69, 9.17) is 4.98 Å². The molecule has 3 rings (SSSR count). The fraction of sp³-hybridized carbons (Fsp3) is 0.812. The normalized spacial score (nSPS) is 25.5. The van der Waals surface area contributed by atoms with Gasteiger partial charge >= 0.3 is 0 Å². The molecule has 0 amide bonds. The molecule has 1 aromatic heterocycles. The van der Waals surface area contributed by atoms with Gasteiger partial charge in [-0.15, -0.1) is 11.3 Å². The second kappa shape index (κ2) is 6.47. The van der Waals surface area contributed by atoms with Crippen molar-refractivity contribution in [2.75, 3.05) is 30.3 Å². The van der Waals surface area contributed by atoms with Gasteiger partial charge in [0.2, 0.25) is 0 Å². The van der Waals surface area contributed by atoms with Crippen LogP contribution >= 0.6 is 23.1 Å². The van der Waals surface area contributed by atoms with Gasteiger partial charge in [0.05, 0.1) is 11.7 Å². The number of hydrogen-bond donors (Lipinski definition) is 1. The molecule has 1 aromatic rings. The summed E-state index contributed by atoms with van der Waals surface area (Å²) in [5.74, 6) is 1.22.